The van der Waals surface area contributed by atoms with Gasteiger partial charge in [-0.1, -0.05) is 0 Å². The van der Waals surface area contributed by atoms with Gasteiger partial charge < -0.3 is 10.3 Å². The molecule has 3 aromatic rings. The molecule has 0 bridgehead atoms. The maximum Gasteiger partial charge on any atom is 0.408 e. The minimum absolute atomic E-state index is 0.0741. The first kappa shape index (κ1) is 16.9. The number of alkyl halides is 3. The van der Waals surface area contributed by atoms with E-state index < -0.39 is 18.0 Å². The van der Waals surface area contributed by atoms with E-state index in [0.29, 0.717) is 5.56 Å². The summed E-state index contributed by atoms with van der Waals surface area (Å²) >= 11 is 0. The Bertz CT molecular complexity index is 886. The molecule has 0 fully saturated rings. The Hall–Kier alpha value is -2.97. The monoisotopic (exact) mass is 351 g/mol. The zero-order valence-corrected chi connectivity index (χ0v) is 13.0. The van der Waals surface area contributed by atoms with Crippen molar-refractivity contribution in [3.05, 3.63) is 48.7 Å². The topological polar surface area (TPSA) is 69.6 Å². The lowest BCUT2D eigenvalue weighted by atomic mass is 10.1. The quantitative estimate of drug-likeness (QED) is 0.728. The second-order valence-corrected chi connectivity index (χ2v) is 5.37. The van der Waals surface area contributed by atoms with Crippen LogP contribution in [0.1, 0.15) is 13.0 Å². The summed E-state index contributed by atoms with van der Waals surface area (Å²) in [6, 6.07) is 4.91. The second-order valence-electron chi connectivity index (χ2n) is 5.37. The van der Waals surface area contributed by atoms with Crippen LogP contribution in [0.3, 0.4) is 0 Å². The van der Waals surface area contributed by atoms with E-state index in [-0.39, 0.29) is 23.0 Å². The first-order chi connectivity index (χ1) is 11.8. The Morgan fingerprint density at radius 3 is 2.36 bits per heavy atom. The molecule has 0 radical (unpaired) electrons. The molecule has 0 saturated carbocycles. The van der Waals surface area contributed by atoms with Crippen molar-refractivity contribution in [2.75, 3.05) is 5.73 Å². The van der Waals surface area contributed by atoms with Crippen LogP contribution in [0.25, 0.3) is 22.6 Å². The molecule has 1 aromatic carbocycles. The number of nitrogen functional groups attached to an aromatic ring is 1. The number of rotatable bonds is 3. The van der Waals surface area contributed by atoms with E-state index in [4.69, 9.17) is 5.73 Å². The smallest absolute Gasteiger partial charge is 0.368 e. The zero-order valence-electron chi connectivity index (χ0n) is 13.0. The number of aromatic nitrogens is 4. The van der Waals surface area contributed by atoms with Crippen LogP contribution in [-0.2, 0) is 0 Å². The summed E-state index contributed by atoms with van der Waals surface area (Å²) < 4.78 is 53.8. The highest BCUT2D eigenvalue weighted by molar-refractivity contribution is 5.77. The minimum atomic E-state index is -4.48. The fourth-order valence-electron chi connectivity index (χ4n) is 2.39. The molecule has 0 aliphatic rings. The number of anilines is 1. The average molecular weight is 351 g/mol. The SMILES string of the molecule is CC(n1cnc(-c2ccc(F)cc2)c1-c1ccnc(N)n1)C(F)(F)F. The Balaban J connectivity index is 2.23. The van der Waals surface area contributed by atoms with Gasteiger partial charge in [0.15, 0.2) is 0 Å². The van der Waals surface area contributed by atoms with Gasteiger partial charge in [-0.15, -0.1) is 0 Å². The molecular weight excluding hydrogens is 338 g/mol. The van der Waals surface area contributed by atoms with E-state index in [2.05, 4.69) is 15.0 Å². The second kappa shape index (κ2) is 6.15. The van der Waals surface area contributed by atoms with Gasteiger partial charge in [-0.05, 0) is 37.3 Å². The number of hydrogen-bond acceptors (Lipinski definition) is 4. The summed E-state index contributed by atoms with van der Waals surface area (Å²) in [6.45, 7) is 1.02. The minimum Gasteiger partial charge on any atom is -0.368 e. The van der Waals surface area contributed by atoms with Gasteiger partial charge in [0.25, 0.3) is 0 Å². The van der Waals surface area contributed by atoms with Crippen molar-refractivity contribution >= 4 is 5.95 Å². The van der Waals surface area contributed by atoms with E-state index in [9.17, 15) is 17.6 Å². The number of imidazole rings is 1. The van der Waals surface area contributed by atoms with Crippen molar-refractivity contribution in [2.24, 2.45) is 0 Å². The normalized spacial score (nSPS) is 13.0. The predicted molar refractivity (Wildman–Crippen MR) is 83.8 cm³/mol. The van der Waals surface area contributed by atoms with Crippen LogP contribution in [0.4, 0.5) is 23.5 Å². The van der Waals surface area contributed by atoms with E-state index in [1.54, 1.807) is 0 Å². The maximum atomic E-state index is 13.2. The molecule has 5 nitrogen and oxygen atoms in total. The van der Waals surface area contributed by atoms with Gasteiger partial charge in [0.2, 0.25) is 5.95 Å². The molecule has 0 spiro atoms. The van der Waals surface area contributed by atoms with Crippen molar-refractivity contribution < 1.29 is 17.6 Å². The Morgan fingerprint density at radius 1 is 1.08 bits per heavy atom. The van der Waals surface area contributed by atoms with Crippen LogP contribution in [-0.4, -0.2) is 25.7 Å². The molecular formula is C16H13F4N5. The standard InChI is InChI=1S/C16H13F4N5/c1-9(16(18,19)20)25-8-23-13(10-2-4-11(17)5-3-10)14(25)12-6-7-22-15(21)24-12/h2-9H,1H3,(H2,21,22,24). The van der Waals surface area contributed by atoms with E-state index in [1.807, 2.05) is 0 Å². The number of nitrogens with zero attached hydrogens (tertiary/aromatic N) is 4. The predicted octanol–water partition coefficient (Wildman–Crippen LogP) is 3.85. The van der Waals surface area contributed by atoms with Crippen LogP contribution < -0.4 is 5.73 Å². The molecule has 2 heterocycles. The van der Waals surface area contributed by atoms with Crippen LogP contribution in [0.5, 0.6) is 0 Å². The summed E-state index contributed by atoms with van der Waals surface area (Å²) in [6.07, 6.45) is -2.04. The van der Waals surface area contributed by atoms with Crippen LogP contribution in [0, 0.1) is 5.82 Å². The molecule has 0 amide bonds. The molecule has 1 unspecified atom stereocenters. The molecule has 1 atom stereocenters. The lowest BCUT2D eigenvalue weighted by Crippen LogP contribution is -2.24. The van der Waals surface area contributed by atoms with Crippen molar-refractivity contribution in [2.45, 2.75) is 19.1 Å². The van der Waals surface area contributed by atoms with Gasteiger partial charge in [-0.3, -0.25) is 0 Å². The van der Waals surface area contributed by atoms with Crippen molar-refractivity contribution in [1.29, 1.82) is 0 Å². The maximum absolute atomic E-state index is 13.2. The van der Waals surface area contributed by atoms with Crippen LogP contribution in [0.2, 0.25) is 0 Å². The summed E-state index contributed by atoms with van der Waals surface area (Å²) in [5, 5.41) is 0. The molecule has 0 saturated heterocycles. The molecule has 2 N–H and O–H groups in total. The lowest BCUT2D eigenvalue weighted by Gasteiger charge is -2.20. The highest BCUT2D eigenvalue weighted by atomic mass is 19.4. The van der Waals surface area contributed by atoms with Crippen molar-refractivity contribution in [3.8, 4) is 22.6 Å². The molecule has 2 aromatic heterocycles. The molecule has 9 heteroatoms. The van der Waals surface area contributed by atoms with Gasteiger partial charge in [-0.25, -0.2) is 19.3 Å². The van der Waals surface area contributed by atoms with Gasteiger partial charge >= 0.3 is 6.18 Å². The van der Waals surface area contributed by atoms with Gasteiger partial charge in [-0.2, -0.15) is 13.2 Å². The van der Waals surface area contributed by atoms with Crippen molar-refractivity contribution in [3.63, 3.8) is 0 Å². The number of hydrogen-bond donors (Lipinski definition) is 1. The Labute approximate surface area is 140 Å². The lowest BCUT2D eigenvalue weighted by molar-refractivity contribution is -0.162. The fourth-order valence-corrected chi connectivity index (χ4v) is 2.39. The Kier molecular flexibility index (Phi) is 4.15. The zero-order chi connectivity index (χ0) is 18.2. The highest BCUT2D eigenvalue weighted by Gasteiger charge is 2.39. The van der Waals surface area contributed by atoms with E-state index in [0.717, 1.165) is 17.8 Å². The molecule has 0 aliphatic carbocycles. The van der Waals surface area contributed by atoms with Gasteiger partial charge in [0, 0.05) is 11.8 Å². The largest absolute Gasteiger partial charge is 0.408 e. The van der Waals surface area contributed by atoms with Crippen LogP contribution in [0.15, 0.2) is 42.9 Å². The summed E-state index contributed by atoms with van der Waals surface area (Å²) in [4.78, 5) is 11.9. The van der Waals surface area contributed by atoms with E-state index >= 15 is 0 Å². The fraction of sp³-hybridized carbons (Fsp3) is 0.188. The highest BCUT2D eigenvalue weighted by Crippen LogP contribution is 2.37. The van der Waals surface area contributed by atoms with E-state index in [1.165, 1.54) is 36.5 Å². The molecule has 3 rings (SSSR count). The van der Waals surface area contributed by atoms with Gasteiger partial charge in [0.1, 0.15) is 11.9 Å². The molecule has 25 heavy (non-hydrogen) atoms. The van der Waals surface area contributed by atoms with Gasteiger partial charge in [0.05, 0.1) is 23.4 Å². The molecule has 130 valence electrons. The average Bonchev–Trinajstić information content (AvgIpc) is 2.98. The number of benzene rings is 1. The first-order valence-electron chi connectivity index (χ1n) is 7.25. The first-order valence-corrected chi connectivity index (χ1v) is 7.25. The molecule has 0 aliphatic heterocycles. The van der Waals surface area contributed by atoms with Crippen LogP contribution >= 0.6 is 0 Å². The third-order valence-corrected chi connectivity index (χ3v) is 3.72. The van der Waals surface area contributed by atoms with Crippen molar-refractivity contribution in [1.82, 2.24) is 19.5 Å². The third kappa shape index (κ3) is 3.30. The third-order valence-electron chi connectivity index (χ3n) is 3.72. The summed E-state index contributed by atoms with van der Waals surface area (Å²) in [5.74, 6) is -0.533. The summed E-state index contributed by atoms with van der Waals surface area (Å²) in [5.41, 5.74) is 6.59. The number of halogens is 4. The number of nitrogens with two attached hydrogens (primary N) is 1. The summed E-state index contributed by atoms with van der Waals surface area (Å²) in [7, 11) is 0. The Morgan fingerprint density at radius 2 is 1.76 bits per heavy atom.